The standard InChI is InChI=1S/C26H38O2/c1-10-11-20(18-12-14-21(25(4,5)6)23(27)16(18)2)19-13-15-22(26(7,8)9)24(28)17(19)3/h12-15,20,27-28H,10-11H2,1-9H3. The van der Waals surface area contributed by atoms with Gasteiger partial charge in [-0.05, 0) is 64.5 Å². The molecule has 2 rings (SSSR count). The molecule has 0 spiro atoms. The van der Waals surface area contributed by atoms with E-state index >= 15 is 0 Å². The molecular formula is C26H38O2. The molecule has 0 aromatic heterocycles. The molecule has 0 aliphatic carbocycles. The molecule has 0 heterocycles. The highest BCUT2D eigenvalue weighted by atomic mass is 16.3. The molecule has 0 unspecified atom stereocenters. The smallest absolute Gasteiger partial charge is 0.122 e. The Bertz CT molecular complexity index is 779. The van der Waals surface area contributed by atoms with Crippen LogP contribution in [0.25, 0.3) is 0 Å². The van der Waals surface area contributed by atoms with Crippen LogP contribution < -0.4 is 0 Å². The lowest BCUT2D eigenvalue weighted by molar-refractivity contribution is 0.439. The predicted molar refractivity (Wildman–Crippen MR) is 120 cm³/mol. The topological polar surface area (TPSA) is 40.5 Å². The molecule has 0 radical (unpaired) electrons. The molecule has 0 aliphatic heterocycles. The minimum atomic E-state index is -0.101. The number of phenolic OH excluding ortho intramolecular Hbond substituents is 2. The van der Waals surface area contributed by atoms with E-state index in [1.807, 2.05) is 13.8 Å². The molecule has 0 saturated heterocycles. The second kappa shape index (κ2) is 7.81. The van der Waals surface area contributed by atoms with Gasteiger partial charge in [-0.25, -0.2) is 0 Å². The summed E-state index contributed by atoms with van der Waals surface area (Å²) in [5, 5.41) is 21.8. The zero-order valence-electron chi connectivity index (χ0n) is 19.2. The van der Waals surface area contributed by atoms with Gasteiger partial charge in [-0.3, -0.25) is 0 Å². The Balaban J connectivity index is 2.65. The van der Waals surface area contributed by atoms with Crippen LogP contribution in [-0.4, -0.2) is 10.2 Å². The van der Waals surface area contributed by atoms with Crippen LogP contribution in [0.4, 0.5) is 0 Å². The summed E-state index contributed by atoms with van der Waals surface area (Å²) in [5.41, 5.74) is 5.95. The van der Waals surface area contributed by atoms with Crippen molar-refractivity contribution in [1.82, 2.24) is 0 Å². The van der Waals surface area contributed by atoms with Gasteiger partial charge in [0.25, 0.3) is 0 Å². The van der Waals surface area contributed by atoms with Gasteiger partial charge in [0.2, 0.25) is 0 Å². The van der Waals surface area contributed by atoms with E-state index in [0.29, 0.717) is 11.5 Å². The van der Waals surface area contributed by atoms with Gasteiger partial charge in [0.15, 0.2) is 0 Å². The minimum Gasteiger partial charge on any atom is -0.507 e. The van der Waals surface area contributed by atoms with Gasteiger partial charge < -0.3 is 10.2 Å². The summed E-state index contributed by atoms with van der Waals surface area (Å²) in [6, 6.07) is 8.48. The molecule has 0 amide bonds. The number of benzene rings is 2. The number of phenols is 2. The van der Waals surface area contributed by atoms with E-state index < -0.39 is 0 Å². The molecule has 2 aromatic rings. The lowest BCUT2D eigenvalue weighted by Gasteiger charge is -2.28. The first-order valence-electron chi connectivity index (χ1n) is 10.5. The van der Waals surface area contributed by atoms with Crippen LogP contribution in [0, 0.1) is 13.8 Å². The summed E-state index contributed by atoms with van der Waals surface area (Å²) < 4.78 is 0. The van der Waals surface area contributed by atoms with Crippen molar-refractivity contribution < 1.29 is 10.2 Å². The summed E-state index contributed by atoms with van der Waals surface area (Å²) in [5.74, 6) is 0.961. The second-order valence-corrected chi connectivity index (χ2v) is 10.2. The van der Waals surface area contributed by atoms with E-state index in [1.165, 1.54) is 0 Å². The minimum absolute atomic E-state index is 0.101. The first-order valence-corrected chi connectivity index (χ1v) is 10.5. The number of hydrogen-bond donors (Lipinski definition) is 2. The molecule has 2 nitrogen and oxygen atoms in total. The van der Waals surface area contributed by atoms with Crippen molar-refractivity contribution in [3.8, 4) is 11.5 Å². The fourth-order valence-electron chi connectivity index (χ4n) is 4.16. The highest BCUT2D eigenvalue weighted by Crippen LogP contribution is 2.43. The summed E-state index contributed by atoms with van der Waals surface area (Å²) in [4.78, 5) is 0. The van der Waals surface area contributed by atoms with Crippen LogP contribution in [0.1, 0.15) is 101 Å². The average Bonchev–Trinajstić information content (AvgIpc) is 2.56. The average molecular weight is 383 g/mol. The summed E-state index contributed by atoms with van der Waals surface area (Å²) >= 11 is 0. The highest BCUT2D eigenvalue weighted by molar-refractivity contribution is 5.55. The third kappa shape index (κ3) is 4.21. The normalized spacial score (nSPS) is 12.6. The van der Waals surface area contributed by atoms with Gasteiger partial charge >= 0.3 is 0 Å². The fraction of sp³-hybridized carbons (Fsp3) is 0.538. The molecule has 2 aromatic carbocycles. The molecule has 2 heteroatoms. The van der Waals surface area contributed by atoms with Crippen LogP contribution in [0.5, 0.6) is 11.5 Å². The van der Waals surface area contributed by atoms with Crippen LogP contribution in [0.3, 0.4) is 0 Å². The molecule has 0 aliphatic rings. The highest BCUT2D eigenvalue weighted by Gasteiger charge is 2.27. The van der Waals surface area contributed by atoms with Crippen molar-refractivity contribution in [1.29, 1.82) is 0 Å². The van der Waals surface area contributed by atoms with E-state index in [2.05, 4.69) is 72.7 Å². The van der Waals surface area contributed by atoms with Gasteiger partial charge in [0.1, 0.15) is 11.5 Å². The van der Waals surface area contributed by atoms with Gasteiger partial charge in [0.05, 0.1) is 0 Å². The summed E-state index contributed by atoms with van der Waals surface area (Å²) in [6.07, 6.45) is 2.01. The molecule has 154 valence electrons. The largest absolute Gasteiger partial charge is 0.507 e. The van der Waals surface area contributed by atoms with Crippen molar-refractivity contribution in [2.75, 3.05) is 0 Å². The van der Waals surface area contributed by atoms with E-state index in [4.69, 9.17) is 0 Å². The summed E-state index contributed by atoms with van der Waals surface area (Å²) in [6.45, 7) is 19.0. The monoisotopic (exact) mass is 382 g/mol. The molecule has 0 fully saturated rings. The third-order valence-corrected chi connectivity index (χ3v) is 5.89. The number of hydrogen-bond acceptors (Lipinski definition) is 2. The number of rotatable bonds is 4. The zero-order chi connectivity index (χ0) is 21.4. The molecule has 0 bridgehead atoms. The van der Waals surface area contributed by atoms with Crippen molar-refractivity contribution >= 4 is 0 Å². The molecule has 0 saturated carbocycles. The van der Waals surface area contributed by atoms with E-state index in [9.17, 15) is 10.2 Å². The van der Waals surface area contributed by atoms with Crippen molar-refractivity contribution in [2.24, 2.45) is 0 Å². The zero-order valence-corrected chi connectivity index (χ0v) is 19.2. The molecular weight excluding hydrogens is 344 g/mol. The second-order valence-electron chi connectivity index (χ2n) is 10.2. The van der Waals surface area contributed by atoms with Gasteiger partial charge in [0, 0.05) is 5.92 Å². The Morgan fingerprint density at radius 2 is 1.07 bits per heavy atom. The fourth-order valence-corrected chi connectivity index (χ4v) is 4.16. The van der Waals surface area contributed by atoms with E-state index in [1.54, 1.807) is 0 Å². The van der Waals surface area contributed by atoms with Crippen molar-refractivity contribution in [2.45, 2.75) is 91.9 Å². The maximum absolute atomic E-state index is 10.9. The Kier molecular flexibility index (Phi) is 6.23. The molecule has 2 N–H and O–H groups in total. The lowest BCUT2D eigenvalue weighted by Crippen LogP contribution is -2.15. The summed E-state index contributed by atoms with van der Waals surface area (Å²) in [7, 11) is 0. The van der Waals surface area contributed by atoms with Crippen molar-refractivity contribution in [3.63, 3.8) is 0 Å². The van der Waals surface area contributed by atoms with Crippen molar-refractivity contribution in [3.05, 3.63) is 57.6 Å². The number of aromatic hydroxyl groups is 2. The third-order valence-electron chi connectivity index (χ3n) is 5.89. The maximum atomic E-state index is 10.9. The first-order chi connectivity index (χ1) is 12.8. The quantitative estimate of drug-likeness (QED) is 0.585. The van der Waals surface area contributed by atoms with Crippen LogP contribution in [-0.2, 0) is 10.8 Å². The Labute approximate surface area is 171 Å². The Hall–Kier alpha value is -1.96. The van der Waals surface area contributed by atoms with E-state index in [0.717, 1.165) is 46.2 Å². The van der Waals surface area contributed by atoms with Gasteiger partial charge in [-0.1, -0.05) is 79.2 Å². The molecule has 28 heavy (non-hydrogen) atoms. The first kappa shape index (κ1) is 22.3. The van der Waals surface area contributed by atoms with Gasteiger partial charge in [-0.2, -0.15) is 0 Å². The SMILES string of the molecule is CCCC(c1ccc(C(C)(C)C)c(O)c1C)c1ccc(C(C)(C)C)c(O)c1C. The Morgan fingerprint density at radius 3 is 1.36 bits per heavy atom. The van der Waals surface area contributed by atoms with Crippen LogP contribution in [0.2, 0.25) is 0 Å². The van der Waals surface area contributed by atoms with Gasteiger partial charge in [-0.15, -0.1) is 0 Å². The lowest BCUT2D eigenvalue weighted by atomic mass is 9.77. The molecule has 0 atom stereocenters. The van der Waals surface area contributed by atoms with E-state index in [-0.39, 0.29) is 16.7 Å². The Morgan fingerprint density at radius 1 is 0.714 bits per heavy atom. The maximum Gasteiger partial charge on any atom is 0.122 e. The van der Waals surface area contributed by atoms with Crippen LogP contribution >= 0.6 is 0 Å². The predicted octanol–water partition coefficient (Wildman–Crippen LogP) is 7.24. The van der Waals surface area contributed by atoms with Crippen LogP contribution in [0.15, 0.2) is 24.3 Å².